The molecule has 2 N–H and O–H groups in total. The summed E-state index contributed by atoms with van der Waals surface area (Å²) < 4.78 is 0. The third-order valence-corrected chi connectivity index (χ3v) is 3.94. The lowest BCUT2D eigenvalue weighted by atomic mass is 9.96. The number of benzene rings is 1. The second-order valence-electron chi connectivity index (χ2n) is 5.96. The van der Waals surface area contributed by atoms with Crippen LogP contribution >= 0.6 is 0 Å². The van der Waals surface area contributed by atoms with Crippen molar-refractivity contribution in [3.63, 3.8) is 0 Å². The van der Waals surface area contributed by atoms with Crippen LogP contribution in [-0.2, 0) is 17.6 Å². The number of aryl methyl sites for hydroxylation is 2. The smallest absolute Gasteiger partial charge is 0.229 e. The van der Waals surface area contributed by atoms with E-state index < -0.39 is 0 Å². The predicted octanol–water partition coefficient (Wildman–Crippen LogP) is 2.90. The molecule has 1 aliphatic rings. The summed E-state index contributed by atoms with van der Waals surface area (Å²) in [5, 5.41) is 0. The number of hydrogen-bond donors (Lipinski definition) is 1. The molecule has 0 saturated heterocycles. The molecule has 0 unspecified atom stereocenters. The molecule has 1 heterocycles. The molecular weight excluding hydrogens is 248 g/mol. The first-order valence-corrected chi connectivity index (χ1v) is 7.76. The van der Waals surface area contributed by atoms with Crippen LogP contribution in [0.1, 0.15) is 44.2 Å². The van der Waals surface area contributed by atoms with E-state index in [0.29, 0.717) is 0 Å². The Bertz CT molecular complexity index is 468. The third-order valence-electron chi connectivity index (χ3n) is 3.94. The monoisotopic (exact) mass is 274 g/mol. The van der Waals surface area contributed by atoms with E-state index in [9.17, 15) is 4.79 Å². The largest absolute Gasteiger partial charge is 0.330 e. The van der Waals surface area contributed by atoms with Crippen molar-refractivity contribution < 1.29 is 4.79 Å². The molecule has 0 radical (unpaired) electrons. The number of unbranched alkanes of at least 4 members (excludes halogenated alkanes) is 1. The van der Waals surface area contributed by atoms with Crippen molar-refractivity contribution in [3.8, 4) is 0 Å². The van der Waals surface area contributed by atoms with Crippen molar-refractivity contribution in [2.24, 2.45) is 11.7 Å². The minimum atomic E-state index is 0.0604. The van der Waals surface area contributed by atoms with Gasteiger partial charge in [-0.15, -0.1) is 0 Å². The van der Waals surface area contributed by atoms with Gasteiger partial charge in [-0.2, -0.15) is 0 Å². The van der Waals surface area contributed by atoms with Gasteiger partial charge in [-0.3, -0.25) is 4.79 Å². The Balaban J connectivity index is 2.15. The Morgan fingerprint density at radius 2 is 2.15 bits per heavy atom. The molecule has 0 aliphatic carbocycles. The zero-order chi connectivity index (χ0) is 14.5. The number of carbonyl (C=O) groups is 1. The van der Waals surface area contributed by atoms with Crippen molar-refractivity contribution in [2.75, 3.05) is 18.0 Å². The van der Waals surface area contributed by atoms with E-state index in [2.05, 4.69) is 18.2 Å². The number of nitrogens with two attached hydrogens (primary N) is 1. The van der Waals surface area contributed by atoms with Crippen molar-refractivity contribution in [1.29, 1.82) is 0 Å². The maximum Gasteiger partial charge on any atom is 0.229 e. The second-order valence-corrected chi connectivity index (χ2v) is 5.96. The molecule has 110 valence electrons. The normalized spacial score (nSPS) is 14.5. The topological polar surface area (TPSA) is 46.3 Å². The summed E-state index contributed by atoms with van der Waals surface area (Å²) in [4.78, 5) is 14.2. The fraction of sp³-hybridized carbons (Fsp3) is 0.588. The molecule has 3 nitrogen and oxygen atoms in total. The minimum absolute atomic E-state index is 0.0604. The van der Waals surface area contributed by atoms with Crippen LogP contribution in [-0.4, -0.2) is 19.0 Å². The van der Waals surface area contributed by atoms with Crippen LogP contribution in [0.2, 0.25) is 0 Å². The third kappa shape index (κ3) is 3.40. The maximum atomic E-state index is 12.3. The predicted molar refractivity (Wildman–Crippen MR) is 83.9 cm³/mol. The number of carbonyl (C=O) groups excluding carboxylic acids is 1. The van der Waals surface area contributed by atoms with Gasteiger partial charge in [0, 0.05) is 18.2 Å². The van der Waals surface area contributed by atoms with E-state index in [0.717, 1.165) is 50.9 Å². The summed E-state index contributed by atoms with van der Waals surface area (Å²) in [7, 11) is 0. The number of anilines is 1. The van der Waals surface area contributed by atoms with Gasteiger partial charge in [0.15, 0.2) is 0 Å². The minimum Gasteiger partial charge on any atom is -0.330 e. The Morgan fingerprint density at radius 1 is 1.35 bits per heavy atom. The zero-order valence-electron chi connectivity index (χ0n) is 12.7. The molecule has 2 rings (SSSR count). The van der Waals surface area contributed by atoms with Gasteiger partial charge in [0.05, 0.1) is 0 Å². The quantitative estimate of drug-likeness (QED) is 0.839. The van der Waals surface area contributed by atoms with Crippen molar-refractivity contribution in [2.45, 2.75) is 46.0 Å². The molecule has 20 heavy (non-hydrogen) atoms. The molecule has 1 aromatic rings. The number of hydrogen-bond acceptors (Lipinski definition) is 2. The summed E-state index contributed by atoms with van der Waals surface area (Å²) >= 11 is 0. The second kappa shape index (κ2) is 6.89. The molecule has 1 aliphatic heterocycles. The van der Waals surface area contributed by atoms with Crippen LogP contribution < -0.4 is 10.6 Å². The van der Waals surface area contributed by atoms with Gasteiger partial charge < -0.3 is 10.6 Å². The van der Waals surface area contributed by atoms with Gasteiger partial charge in [-0.1, -0.05) is 26.0 Å². The first-order chi connectivity index (χ1) is 9.63. The Kier molecular flexibility index (Phi) is 5.18. The van der Waals surface area contributed by atoms with Gasteiger partial charge in [-0.05, 0) is 55.8 Å². The zero-order valence-corrected chi connectivity index (χ0v) is 12.7. The highest BCUT2D eigenvalue weighted by Gasteiger charge is 2.24. The van der Waals surface area contributed by atoms with Crippen molar-refractivity contribution in [3.05, 3.63) is 29.3 Å². The van der Waals surface area contributed by atoms with Crippen LogP contribution in [0.5, 0.6) is 0 Å². The van der Waals surface area contributed by atoms with Crippen LogP contribution in [0.3, 0.4) is 0 Å². The summed E-state index contributed by atoms with van der Waals surface area (Å²) in [5.41, 5.74) is 9.36. The van der Waals surface area contributed by atoms with Crippen molar-refractivity contribution in [1.82, 2.24) is 0 Å². The summed E-state index contributed by atoms with van der Waals surface area (Å²) in [6.07, 6.45) is 5.46. The van der Waals surface area contributed by atoms with Crippen LogP contribution in [0.4, 0.5) is 5.69 Å². The highest BCUT2D eigenvalue weighted by atomic mass is 16.2. The van der Waals surface area contributed by atoms with Gasteiger partial charge >= 0.3 is 0 Å². The van der Waals surface area contributed by atoms with Crippen LogP contribution in [0, 0.1) is 5.92 Å². The fourth-order valence-corrected chi connectivity index (χ4v) is 2.82. The first-order valence-electron chi connectivity index (χ1n) is 7.76. The standard InChI is InChI=1S/C17H26N2O/c1-13(2)17(20)19-11-5-7-15-12-14(6-3-4-10-18)8-9-16(15)19/h8-9,12-13H,3-7,10-11,18H2,1-2H3. The lowest BCUT2D eigenvalue weighted by molar-refractivity contribution is -0.121. The molecule has 1 amide bonds. The molecule has 0 saturated carbocycles. The highest BCUT2D eigenvalue weighted by molar-refractivity contribution is 5.95. The molecule has 1 aromatic carbocycles. The fourth-order valence-electron chi connectivity index (χ4n) is 2.82. The number of nitrogens with zero attached hydrogens (tertiary/aromatic N) is 1. The molecule has 0 atom stereocenters. The average Bonchev–Trinajstić information content (AvgIpc) is 2.45. The van der Waals surface area contributed by atoms with Gasteiger partial charge in [-0.25, -0.2) is 0 Å². The summed E-state index contributed by atoms with van der Waals surface area (Å²) in [6.45, 7) is 5.56. The molecular formula is C17H26N2O. The Hall–Kier alpha value is -1.35. The number of amides is 1. The molecule has 0 fully saturated rings. The Morgan fingerprint density at radius 3 is 2.85 bits per heavy atom. The van der Waals surface area contributed by atoms with Gasteiger partial charge in [0.1, 0.15) is 0 Å². The Labute approximate surface area is 122 Å². The van der Waals surface area contributed by atoms with E-state index in [-0.39, 0.29) is 11.8 Å². The first kappa shape index (κ1) is 15.0. The average molecular weight is 274 g/mol. The molecule has 3 heteroatoms. The number of rotatable bonds is 5. The van der Waals surface area contributed by atoms with E-state index in [1.165, 1.54) is 11.1 Å². The lowest BCUT2D eigenvalue weighted by Crippen LogP contribution is -2.38. The van der Waals surface area contributed by atoms with E-state index in [1.54, 1.807) is 0 Å². The summed E-state index contributed by atoms with van der Waals surface area (Å²) in [6, 6.07) is 6.58. The molecule has 0 aromatic heterocycles. The van der Waals surface area contributed by atoms with E-state index >= 15 is 0 Å². The van der Waals surface area contributed by atoms with E-state index in [1.807, 2.05) is 18.7 Å². The van der Waals surface area contributed by atoms with E-state index in [4.69, 9.17) is 5.73 Å². The van der Waals surface area contributed by atoms with Crippen LogP contribution in [0.15, 0.2) is 18.2 Å². The molecule has 0 spiro atoms. The summed E-state index contributed by atoms with van der Waals surface area (Å²) in [5.74, 6) is 0.298. The number of fused-ring (bicyclic) bond motifs is 1. The van der Waals surface area contributed by atoms with Crippen molar-refractivity contribution >= 4 is 11.6 Å². The highest BCUT2D eigenvalue weighted by Crippen LogP contribution is 2.29. The van der Waals surface area contributed by atoms with Gasteiger partial charge in [0.25, 0.3) is 0 Å². The van der Waals surface area contributed by atoms with Gasteiger partial charge in [0.2, 0.25) is 5.91 Å². The van der Waals surface area contributed by atoms with Crippen LogP contribution in [0.25, 0.3) is 0 Å². The lowest BCUT2D eigenvalue weighted by Gasteiger charge is -2.31. The maximum absolute atomic E-state index is 12.3. The molecule has 0 bridgehead atoms. The SMILES string of the molecule is CC(C)C(=O)N1CCCc2cc(CCCCN)ccc21.